The van der Waals surface area contributed by atoms with E-state index in [1.54, 1.807) is 0 Å². The van der Waals surface area contributed by atoms with Crippen LogP contribution < -0.4 is 5.73 Å². The highest BCUT2D eigenvalue weighted by atomic mass is 16.7. The van der Waals surface area contributed by atoms with Crippen LogP contribution in [0.25, 0.3) is 0 Å². The van der Waals surface area contributed by atoms with Crippen molar-refractivity contribution in [1.29, 1.82) is 0 Å². The summed E-state index contributed by atoms with van der Waals surface area (Å²) in [5.41, 5.74) is 5.53. The molecule has 0 aromatic carbocycles. The van der Waals surface area contributed by atoms with E-state index in [0.717, 1.165) is 0 Å². The van der Waals surface area contributed by atoms with Crippen LogP contribution in [-0.4, -0.2) is 110 Å². The number of nitrogens with two attached hydrogens (primary N) is 1. The van der Waals surface area contributed by atoms with Gasteiger partial charge >= 0.3 is 5.97 Å². The summed E-state index contributed by atoms with van der Waals surface area (Å²) in [7, 11) is 0. The van der Waals surface area contributed by atoms with E-state index in [1.165, 1.54) is 0 Å². The summed E-state index contributed by atoms with van der Waals surface area (Å²) < 4.78 is 9.85. The number of aldehydes is 1. The third-order valence-electron chi connectivity index (χ3n) is 3.56. The molecule has 1 fully saturated rings. The van der Waals surface area contributed by atoms with E-state index in [9.17, 15) is 35.1 Å². The number of aliphatic carboxylic acids is 1. The van der Waals surface area contributed by atoms with Gasteiger partial charge in [-0.15, -0.1) is 0 Å². The number of carbonyl (C=O) groups is 2. The molecule has 0 spiro atoms. The van der Waals surface area contributed by atoms with Crippen molar-refractivity contribution in [3.63, 3.8) is 0 Å². The zero-order valence-corrected chi connectivity index (χ0v) is 12.3. The van der Waals surface area contributed by atoms with Crippen LogP contribution in [0.3, 0.4) is 0 Å². The molecule has 1 heterocycles. The standard InChI is InChI=1S/C12H21NO11/c13-5-8(19)9(20)10(11(21)22)24-12(5)23-2-4(16)7(18)6(17)3(15)1-14/h1,3-10,12,15-20H,2,13H2,(H,21,22)/t3-,4+,5-,6+,7+,8+,9-,10-,12+/m0/s1. The SMILES string of the molecule is N[C@@H]1[C@H](OC[C@@H](O)[C@@H](O)[C@H](O)[C@@H](O)C=O)O[C@H](C(=O)O)[C@@H](O)[C@@H]1O. The van der Waals surface area contributed by atoms with Crippen molar-refractivity contribution in [3.8, 4) is 0 Å². The zero-order valence-electron chi connectivity index (χ0n) is 12.3. The lowest BCUT2D eigenvalue weighted by molar-refractivity contribution is -0.267. The fraction of sp³-hybridized carbons (Fsp3) is 0.833. The Balaban J connectivity index is 2.64. The Labute approximate surface area is 135 Å². The van der Waals surface area contributed by atoms with Gasteiger partial charge in [0.2, 0.25) is 0 Å². The van der Waals surface area contributed by atoms with Crippen molar-refractivity contribution in [2.75, 3.05) is 6.61 Å². The summed E-state index contributed by atoms with van der Waals surface area (Å²) in [6, 6.07) is -1.36. The Kier molecular flexibility index (Phi) is 7.59. The predicted molar refractivity (Wildman–Crippen MR) is 72.3 cm³/mol. The topological polar surface area (TPSA) is 220 Å². The fourth-order valence-corrected chi connectivity index (χ4v) is 2.04. The maximum Gasteiger partial charge on any atom is 0.335 e. The molecule has 0 aliphatic carbocycles. The van der Waals surface area contributed by atoms with Gasteiger partial charge in [0.15, 0.2) is 18.7 Å². The van der Waals surface area contributed by atoms with E-state index >= 15 is 0 Å². The number of carboxylic acid groups (broad SMARTS) is 1. The largest absolute Gasteiger partial charge is 0.479 e. The highest BCUT2D eigenvalue weighted by Crippen LogP contribution is 2.21. The second-order valence-corrected chi connectivity index (χ2v) is 5.33. The van der Waals surface area contributed by atoms with Crippen LogP contribution in [0.15, 0.2) is 0 Å². The van der Waals surface area contributed by atoms with Gasteiger partial charge in [-0.2, -0.15) is 0 Å². The van der Waals surface area contributed by atoms with E-state index in [1.807, 2.05) is 0 Å². The van der Waals surface area contributed by atoms with Gasteiger partial charge in [0.25, 0.3) is 0 Å². The third kappa shape index (κ3) is 4.66. The number of ether oxygens (including phenoxy) is 2. The minimum atomic E-state index is -1.98. The number of carbonyl (C=O) groups excluding carboxylic acids is 1. The van der Waals surface area contributed by atoms with E-state index in [2.05, 4.69) is 0 Å². The summed E-state index contributed by atoms with van der Waals surface area (Å²) in [5, 5.41) is 65.8. The summed E-state index contributed by atoms with van der Waals surface area (Å²) >= 11 is 0. The first-order chi connectivity index (χ1) is 11.1. The van der Waals surface area contributed by atoms with Gasteiger partial charge in [-0.3, -0.25) is 0 Å². The Morgan fingerprint density at radius 1 is 1.17 bits per heavy atom. The van der Waals surface area contributed by atoms with Crippen LogP contribution >= 0.6 is 0 Å². The van der Waals surface area contributed by atoms with Gasteiger partial charge in [-0.25, -0.2) is 4.79 Å². The molecular formula is C12H21NO11. The molecular weight excluding hydrogens is 334 g/mol. The molecule has 0 aromatic heterocycles. The first kappa shape index (κ1) is 20.8. The van der Waals surface area contributed by atoms with Crippen LogP contribution in [0.4, 0.5) is 0 Å². The molecule has 0 saturated carbocycles. The first-order valence-electron chi connectivity index (χ1n) is 6.91. The third-order valence-corrected chi connectivity index (χ3v) is 3.56. The molecule has 1 aliphatic rings. The number of hydrogen-bond acceptors (Lipinski definition) is 11. The summed E-state index contributed by atoms with van der Waals surface area (Å²) in [6.45, 7) is -0.739. The van der Waals surface area contributed by atoms with Gasteiger partial charge in [0.1, 0.15) is 36.6 Å². The number of aliphatic hydroxyl groups excluding tert-OH is 6. The first-order valence-corrected chi connectivity index (χ1v) is 6.91. The lowest BCUT2D eigenvalue weighted by Gasteiger charge is -2.39. The molecule has 1 saturated heterocycles. The smallest absolute Gasteiger partial charge is 0.335 e. The second kappa shape index (κ2) is 8.75. The van der Waals surface area contributed by atoms with Crippen molar-refractivity contribution in [3.05, 3.63) is 0 Å². The van der Waals surface area contributed by atoms with Crippen LogP contribution in [-0.2, 0) is 19.1 Å². The normalized spacial score (nSPS) is 35.7. The van der Waals surface area contributed by atoms with Gasteiger partial charge < -0.3 is 55.7 Å². The quantitative estimate of drug-likeness (QED) is 0.191. The highest BCUT2D eigenvalue weighted by molar-refractivity contribution is 5.73. The highest BCUT2D eigenvalue weighted by Gasteiger charge is 2.47. The molecule has 0 aromatic rings. The van der Waals surface area contributed by atoms with Crippen molar-refractivity contribution in [2.24, 2.45) is 5.73 Å². The van der Waals surface area contributed by atoms with Crippen molar-refractivity contribution in [1.82, 2.24) is 0 Å². The summed E-state index contributed by atoms with van der Waals surface area (Å²) in [4.78, 5) is 21.2. The molecule has 1 rings (SSSR count). The minimum Gasteiger partial charge on any atom is -0.479 e. The number of hydrogen-bond donors (Lipinski definition) is 8. The Morgan fingerprint density at radius 2 is 1.75 bits per heavy atom. The average molecular weight is 355 g/mol. The monoisotopic (exact) mass is 355 g/mol. The average Bonchev–Trinajstić information content (AvgIpc) is 2.56. The van der Waals surface area contributed by atoms with Crippen molar-refractivity contribution in [2.45, 2.75) is 55.1 Å². The molecule has 0 amide bonds. The summed E-state index contributed by atoms with van der Waals surface area (Å²) in [6.07, 6.45) is -14.6. The van der Waals surface area contributed by atoms with Crippen molar-refractivity contribution < 1.29 is 54.8 Å². The molecule has 140 valence electrons. The second-order valence-electron chi connectivity index (χ2n) is 5.33. The van der Waals surface area contributed by atoms with Crippen LogP contribution in [0.1, 0.15) is 0 Å². The minimum absolute atomic E-state index is 0.0448. The van der Waals surface area contributed by atoms with E-state index in [4.69, 9.17) is 25.4 Å². The molecule has 1 aliphatic heterocycles. The zero-order chi connectivity index (χ0) is 18.6. The molecule has 12 heteroatoms. The van der Waals surface area contributed by atoms with E-state index in [0.29, 0.717) is 0 Å². The number of aliphatic hydroxyl groups is 6. The van der Waals surface area contributed by atoms with Crippen LogP contribution in [0.2, 0.25) is 0 Å². The van der Waals surface area contributed by atoms with Gasteiger partial charge in [-0.1, -0.05) is 0 Å². The maximum atomic E-state index is 10.9. The fourth-order valence-electron chi connectivity index (χ4n) is 2.04. The number of rotatable bonds is 8. The molecule has 12 nitrogen and oxygen atoms in total. The number of carboxylic acids is 1. The van der Waals surface area contributed by atoms with Crippen LogP contribution in [0, 0.1) is 0 Å². The predicted octanol–water partition coefficient (Wildman–Crippen LogP) is -5.50. The maximum absolute atomic E-state index is 10.9. The Morgan fingerprint density at radius 3 is 2.25 bits per heavy atom. The van der Waals surface area contributed by atoms with Gasteiger partial charge in [-0.05, 0) is 0 Å². The van der Waals surface area contributed by atoms with Gasteiger partial charge in [0.05, 0.1) is 12.6 Å². The molecule has 0 bridgehead atoms. The lowest BCUT2D eigenvalue weighted by Crippen LogP contribution is -2.63. The van der Waals surface area contributed by atoms with Crippen molar-refractivity contribution >= 4 is 12.3 Å². The molecule has 24 heavy (non-hydrogen) atoms. The van der Waals surface area contributed by atoms with E-state index in [-0.39, 0.29) is 6.29 Å². The van der Waals surface area contributed by atoms with Gasteiger partial charge in [0, 0.05) is 0 Å². The Bertz CT molecular complexity index is 435. The Hall–Kier alpha value is -1.22. The van der Waals surface area contributed by atoms with Crippen LogP contribution in [0.5, 0.6) is 0 Å². The molecule has 0 radical (unpaired) electrons. The molecule has 9 atom stereocenters. The summed E-state index contributed by atoms with van der Waals surface area (Å²) in [5.74, 6) is -1.58. The molecule has 9 N–H and O–H groups in total. The molecule has 0 unspecified atom stereocenters. The van der Waals surface area contributed by atoms with E-state index < -0.39 is 67.6 Å². The lowest BCUT2D eigenvalue weighted by atomic mass is 9.97.